The van der Waals surface area contributed by atoms with E-state index in [0.29, 0.717) is 44.0 Å². The first-order valence-electron chi connectivity index (χ1n) is 12.8. The molecule has 2 aromatic rings. The van der Waals surface area contributed by atoms with E-state index in [2.05, 4.69) is 22.2 Å². The lowest BCUT2D eigenvalue weighted by molar-refractivity contribution is -0.137. The Bertz CT molecular complexity index is 1170. The summed E-state index contributed by atoms with van der Waals surface area (Å²) in [6.45, 7) is 5.72. The van der Waals surface area contributed by atoms with Gasteiger partial charge in [0.1, 0.15) is 5.82 Å². The normalized spacial score (nSPS) is 20.4. The van der Waals surface area contributed by atoms with Crippen molar-refractivity contribution >= 4 is 17.8 Å². The largest absolute Gasteiger partial charge is 0.354 e. The molecule has 0 radical (unpaired) electrons. The third-order valence-electron chi connectivity index (χ3n) is 7.16. The summed E-state index contributed by atoms with van der Waals surface area (Å²) in [6, 6.07) is 9.86. The maximum atomic E-state index is 12.7. The number of anilines is 1. The smallest absolute Gasteiger partial charge is 0.338 e. The van der Waals surface area contributed by atoms with Crippen LogP contribution in [0.15, 0.2) is 41.3 Å². The lowest BCUT2D eigenvalue weighted by Crippen LogP contribution is -2.58. The zero-order valence-corrected chi connectivity index (χ0v) is 21.9. The number of aromatic nitrogens is 2. The summed E-state index contributed by atoms with van der Waals surface area (Å²) in [6.07, 6.45) is 4.83. The molecular weight excluding hydrogens is 472 g/mol. The maximum absolute atomic E-state index is 12.7. The number of hydrogen-bond donors (Lipinski definition) is 3. The van der Waals surface area contributed by atoms with Gasteiger partial charge in [0.25, 0.3) is 0 Å². The molecule has 2 aliphatic rings. The Labute approximate surface area is 217 Å². The third-order valence-corrected chi connectivity index (χ3v) is 7.16. The van der Waals surface area contributed by atoms with Crippen molar-refractivity contribution in [1.29, 1.82) is 0 Å². The van der Waals surface area contributed by atoms with E-state index in [4.69, 9.17) is 11.5 Å². The zero-order valence-electron chi connectivity index (χ0n) is 21.9. The number of carbonyl (C=O) groups excluding carboxylic acids is 2. The van der Waals surface area contributed by atoms with Crippen LogP contribution in [0.25, 0.3) is 5.69 Å². The SMILES string of the molecule is CN(Cc1ccc(-n2ccc(NC(=O)N3CCN(C(=O)C(C)(C)N)CC3)nc2=O)cc1)C1CCC(N)C1. The number of nitrogens with one attached hydrogen (secondary N) is 1. The van der Waals surface area contributed by atoms with E-state index in [1.807, 2.05) is 24.3 Å². The number of rotatable bonds is 6. The van der Waals surface area contributed by atoms with E-state index in [1.54, 1.807) is 35.9 Å². The molecule has 1 aliphatic heterocycles. The minimum Gasteiger partial charge on any atom is -0.338 e. The van der Waals surface area contributed by atoms with Gasteiger partial charge in [-0.15, -0.1) is 0 Å². The third kappa shape index (κ3) is 6.54. The summed E-state index contributed by atoms with van der Waals surface area (Å²) in [5, 5.41) is 2.69. The Hall–Kier alpha value is -3.28. The summed E-state index contributed by atoms with van der Waals surface area (Å²) >= 11 is 0. The van der Waals surface area contributed by atoms with Crippen LogP contribution in [-0.4, -0.2) is 87.0 Å². The predicted octanol–water partition coefficient (Wildman–Crippen LogP) is 0.958. The molecule has 11 nitrogen and oxygen atoms in total. The van der Waals surface area contributed by atoms with Crippen LogP contribution in [0, 0.1) is 0 Å². The van der Waals surface area contributed by atoms with Gasteiger partial charge in [-0.2, -0.15) is 4.98 Å². The van der Waals surface area contributed by atoms with Gasteiger partial charge in [0.15, 0.2) is 0 Å². The fraction of sp³-hybridized carbons (Fsp3) is 0.538. The molecule has 2 unspecified atom stereocenters. The van der Waals surface area contributed by atoms with E-state index in [-0.39, 0.29) is 17.8 Å². The highest BCUT2D eigenvalue weighted by Crippen LogP contribution is 2.23. The molecule has 11 heteroatoms. The van der Waals surface area contributed by atoms with Crippen molar-refractivity contribution in [1.82, 2.24) is 24.3 Å². The standard InChI is InChI=1S/C26H38N8O3/c1-26(2,28)23(35)32-12-14-33(15-13-32)24(36)29-22-10-11-34(25(37)30-22)20-7-4-18(5-8-20)17-31(3)21-9-6-19(27)16-21/h4-5,7-8,10-11,19,21H,6,9,12-17,27-28H2,1-3H3,(H,29,30,36,37). The Kier molecular flexibility index (Phi) is 7.96. The topological polar surface area (TPSA) is 143 Å². The summed E-state index contributed by atoms with van der Waals surface area (Å²) < 4.78 is 1.44. The van der Waals surface area contributed by atoms with Gasteiger partial charge in [-0.25, -0.2) is 9.59 Å². The number of carbonyl (C=O) groups is 2. The van der Waals surface area contributed by atoms with Crippen LogP contribution in [0.2, 0.25) is 0 Å². The minimum atomic E-state index is -0.945. The molecule has 1 saturated heterocycles. The summed E-state index contributed by atoms with van der Waals surface area (Å²) in [4.78, 5) is 47.3. The Balaban J connectivity index is 1.32. The number of piperazine rings is 1. The maximum Gasteiger partial charge on any atom is 0.354 e. The van der Waals surface area contributed by atoms with Crippen molar-refractivity contribution in [3.05, 3.63) is 52.6 Å². The van der Waals surface area contributed by atoms with Crippen LogP contribution in [0.4, 0.5) is 10.6 Å². The van der Waals surface area contributed by atoms with E-state index < -0.39 is 11.2 Å². The average Bonchev–Trinajstić information content (AvgIpc) is 3.30. The van der Waals surface area contributed by atoms with Gasteiger partial charge < -0.3 is 21.3 Å². The van der Waals surface area contributed by atoms with Gasteiger partial charge in [0, 0.05) is 51.0 Å². The van der Waals surface area contributed by atoms with Crippen LogP contribution in [-0.2, 0) is 11.3 Å². The molecule has 200 valence electrons. The first kappa shape index (κ1) is 26.8. The van der Waals surface area contributed by atoms with E-state index >= 15 is 0 Å². The quantitative estimate of drug-likeness (QED) is 0.525. The molecular formula is C26H38N8O3. The van der Waals surface area contributed by atoms with Crippen LogP contribution < -0.4 is 22.5 Å². The van der Waals surface area contributed by atoms with Crippen molar-refractivity contribution in [2.75, 3.05) is 38.5 Å². The first-order valence-corrected chi connectivity index (χ1v) is 12.8. The van der Waals surface area contributed by atoms with E-state index in [1.165, 1.54) is 4.57 Å². The second-order valence-electron chi connectivity index (χ2n) is 10.7. The molecule has 2 atom stereocenters. The molecule has 4 rings (SSSR count). The molecule has 2 fully saturated rings. The molecule has 1 aliphatic carbocycles. The Morgan fingerprint density at radius 1 is 1.08 bits per heavy atom. The average molecular weight is 511 g/mol. The number of urea groups is 1. The van der Waals surface area contributed by atoms with Gasteiger partial charge in [-0.3, -0.25) is 19.6 Å². The molecule has 3 amide bonds. The van der Waals surface area contributed by atoms with Crippen molar-refractivity contribution < 1.29 is 9.59 Å². The molecule has 0 bridgehead atoms. The molecule has 1 aromatic heterocycles. The number of amides is 3. The highest BCUT2D eigenvalue weighted by Gasteiger charge is 2.31. The number of nitrogens with two attached hydrogens (primary N) is 2. The summed E-state index contributed by atoms with van der Waals surface area (Å²) in [5.74, 6) is 0.0392. The molecule has 37 heavy (non-hydrogen) atoms. The minimum absolute atomic E-state index is 0.142. The fourth-order valence-corrected chi connectivity index (χ4v) is 4.95. The van der Waals surface area contributed by atoms with Crippen LogP contribution >= 0.6 is 0 Å². The Morgan fingerprint density at radius 3 is 2.30 bits per heavy atom. The van der Waals surface area contributed by atoms with Crippen molar-refractivity contribution in [3.63, 3.8) is 0 Å². The van der Waals surface area contributed by atoms with Gasteiger partial charge >= 0.3 is 11.7 Å². The molecule has 5 N–H and O–H groups in total. The van der Waals surface area contributed by atoms with Gasteiger partial charge in [0.2, 0.25) is 5.91 Å². The highest BCUT2D eigenvalue weighted by atomic mass is 16.2. The van der Waals surface area contributed by atoms with E-state index in [0.717, 1.165) is 31.4 Å². The van der Waals surface area contributed by atoms with Gasteiger partial charge in [-0.1, -0.05) is 12.1 Å². The first-order chi connectivity index (χ1) is 17.5. The second-order valence-corrected chi connectivity index (χ2v) is 10.7. The fourth-order valence-electron chi connectivity index (χ4n) is 4.95. The lowest BCUT2D eigenvalue weighted by Gasteiger charge is -2.37. The summed E-state index contributed by atoms with van der Waals surface area (Å²) in [5.41, 5.74) is 12.4. The molecule has 0 spiro atoms. The monoisotopic (exact) mass is 510 g/mol. The summed E-state index contributed by atoms with van der Waals surface area (Å²) in [7, 11) is 2.12. The van der Waals surface area contributed by atoms with Gasteiger partial charge in [0.05, 0.1) is 11.2 Å². The van der Waals surface area contributed by atoms with Crippen molar-refractivity contribution in [2.45, 2.75) is 57.3 Å². The van der Waals surface area contributed by atoms with Crippen molar-refractivity contribution in [2.24, 2.45) is 11.5 Å². The Morgan fingerprint density at radius 2 is 1.73 bits per heavy atom. The number of hydrogen-bond acceptors (Lipinski definition) is 7. The van der Waals surface area contributed by atoms with Crippen LogP contribution in [0.1, 0.15) is 38.7 Å². The number of nitrogens with zero attached hydrogens (tertiary/aromatic N) is 5. The second kappa shape index (κ2) is 11.0. The predicted molar refractivity (Wildman–Crippen MR) is 142 cm³/mol. The van der Waals surface area contributed by atoms with Crippen LogP contribution in [0.5, 0.6) is 0 Å². The van der Waals surface area contributed by atoms with Crippen LogP contribution in [0.3, 0.4) is 0 Å². The molecule has 1 aromatic carbocycles. The van der Waals surface area contributed by atoms with Crippen molar-refractivity contribution in [3.8, 4) is 5.69 Å². The van der Waals surface area contributed by atoms with Gasteiger partial charge in [-0.05, 0) is 63.9 Å². The lowest BCUT2D eigenvalue weighted by atomic mass is 10.1. The molecule has 2 heterocycles. The number of benzene rings is 1. The van der Waals surface area contributed by atoms with E-state index in [9.17, 15) is 14.4 Å². The highest BCUT2D eigenvalue weighted by molar-refractivity contribution is 5.89. The molecule has 1 saturated carbocycles. The zero-order chi connectivity index (χ0) is 26.7.